The Balaban J connectivity index is 1.38. The number of aromatic amines is 1. The van der Waals surface area contributed by atoms with Crippen molar-refractivity contribution < 1.29 is 13.9 Å². The summed E-state index contributed by atoms with van der Waals surface area (Å²) in [4.78, 5) is 32.0. The van der Waals surface area contributed by atoms with Gasteiger partial charge in [0.15, 0.2) is 6.61 Å². The number of hydrogen-bond acceptors (Lipinski definition) is 5. The number of fused-ring (bicyclic) bond motifs is 4. The number of carbonyl (C=O) groups excluding carboxylic acids is 1. The number of amides is 1. The van der Waals surface area contributed by atoms with Crippen LogP contribution in [-0.4, -0.2) is 22.5 Å². The molecule has 0 bridgehead atoms. The van der Waals surface area contributed by atoms with E-state index in [2.05, 4.69) is 15.3 Å². The van der Waals surface area contributed by atoms with Crippen molar-refractivity contribution in [1.29, 1.82) is 0 Å². The van der Waals surface area contributed by atoms with Crippen LogP contribution in [-0.2, 0) is 4.79 Å². The van der Waals surface area contributed by atoms with E-state index < -0.39 is 5.63 Å². The molecule has 0 saturated carbocycles. The second-order valence-electron chi connectivity index (χ2n) is 6.94. The smallest absolute Gasteiger partial charge is 0.344 e. The topological polar surface area (TPSA) is 97.2 Å². The van der Waals surface area contributed by atoms with E-state index in [0.29, 0.717) is 28.2 Å². The van der Waals surface area contributed by atoms with Gasteiger partial charge in [0.05, 0.1) is 16.4 Å². The molecule has 0 aliphatic rings. The number of rotatable bonds is 4. The van der Waals surface area contributed by atoms with Crippen molar-refractivity contribution in [3.05, 3.63) is 76.6 Å². The summed E-state index contributed by atoms with van der Waals surface area (Å²) in [5.74, 6) is 0.478. The fraction of sp³-hybridized carbons (Fsp3) is 0.0870. The minimum atomic E-state index is -0.402. The molecule has 0 radical (unpaired) electrons. The van der Waals surface area contributed by atoms with Gasteiger partial charge in [-0.05, 0) is 42.6 Å². The summed E-state index contributed by atoms with van der Waals surface area (Å²) in [6.45, 7) is 1.59. The number of benzene rings is 3. The highest BCUT2D eigenvalue weighted by atomic mass is 16.5. The third-order valence-corrected chi connectivity index (χ3v) is 4.99. The Morgan fingerprint density at radius 3 is 2.63 bits per heavy atom. The summed E-state index contributed by atoms with van der Waals surface area (Å²) in [6, 6.07) is 18.4. The second kappa shape index (κ2) is 7.04. The van der Waals surface area contributed by atoms with Crippen molar-refractivity contribution in [2.45, 2.75) is 6.92 Å². The molecule has 2 heterocycles. The molecule has 0 aliphatic heterocycles. The van der Waals surface area contributed by atoms with Gasteiger partial charge in [-0.1, -0.05) is 30.3 Å². The predicted octanol–water partition coefficient (Wildman–Crippen LogP) is 4.15. The fourth-order valence-electron chi connectivity index (χ4n) is 3.54. The van der Waals surface area contributed by atoms with E-state index in [1.807, 2.05) is 42.5 Å². The number of imidazole rings is 1. The molecule has 2 N–H and O–H groups in total. The summed E-state index contributed by atoms with van der Waals surface area (Å²) < 4.78 is 11.2. The number of para-hydroxylation sites is 2. The van der Waals surface area contributed by atoms with Crippen LogP contribution in [0.25, 0.3) is 32.8 Å². The lowest BCUT2D eigenvalue weighted by atomic mass is 10.0. The minimum absolute atomic E-state index is 0.207. The van der Waals surface area contributed by atoms with E-state index in [9.17, 15) is 9.59 Å². The molecule has 5 rings (SSSR count). The van der Waals surface area contributed by atoms with Crippen LogP contribution in [0.3, 0.4) is 0 Å². The van der Waals surface area contributed by atoms with Crippen molar-refractivity contribution >= 4 is 44.6 Å². The first kappa shape index (κ1) is 17.9. The fourth-order valence-corrected chi connectivity index (χ4v) is 3.54. The van der Waals surface area contributed by atoms with Crippen molar-refractivity contribution in [3.63, 3.8) is 0 Å². The van der Waals surface area contributed by atoms with E-state index in [1.165, 1.54) is 0 Å². The number of H-pyrrole nitrogens is 1. The minimum Gasteiger partial charge on any atom is -0.483 e. The zero-order valence-electron chi connectivity index (χ0n) is 16.1. The van der Waals surface area contributed by atoms with Crippen LogP contribution in [0.5, 0.6) is 5.75 Å². The monoisotopic (exact) mass is 399 g/mol. The largest absolute Gasteiger partial charge is 0.483 e. The third kappa shape index (κ3) is 3.06. The SMILES string of the molecule is Cc1c(OCC(=O)Nc2nc3ccccc3[nH]2)ccc2c1oc(=O)c1ccccc12. The van der Waals surface area contributed by atoms with E-state index in [4.69, 9.17) is 9.15 Å². The molecule has 7 nitrogen and oxygen atoms in total. The van der Waals surface area contributed by atoms with Crippen LogP contribution in [0.4, 0.5) is 5.95 Å². The van der Waals surface area contributed by atoms with Crippen LogP contribution >= 0.6 is 0 Å². The molecule has 7 heteroatoms. The molecule has 0 saturated heterocycles. The zero-order chi connectivity index (χ0) is 20.7. The van der Waals surface area contributed by atoms with Crippen LogP contribution in [0.15, 0.2) is 69.9 Å². The van der Waals surface area contributed by atoms with Crippen LogP contribution in [0.2, 0.25) is 0 Å². The number of carbonyl (C=O) groups is 1. The molecule has 0 atom stereocenters. The highest BCUT2D eigenvalue weighted by molar-refractivity contribution is 6.05. The lowest BCUT2D eigenvalue weighted by Gasteiger charge is -2.11. The molecule has 3 aromatic carbocycles. The number of nitrogens with one attached hydrogen (secondary N) is 2. The molecule has 30 heavy (non-hydrogen) atoms. The van der Waals surface area contributed by atoms with Crippen LogP contribution < -0.4 is 15.7 Å². The second-order valence-corrected chi connectivity index (χ2v) is 6.94. The Morgan fingerprint density at radius 1 is 1.03 bits per heavy atom. The van der Waals surface area contributed by atoms with Crippen LogP contribution in [0, 0.1) is 6.92 Å². The number of aromatic nitrogens is 2. The molecular formula is C23H17N3O4. The van der Waals surface area contributed by atoms with Gasteiger partial charge in [0.1, 0.15) is 11.3 Å². The van der Waals surface area contributed by atoms with Crippen molar-refractivity contribution in [2.75, 3.05) is 11.9 Å². The lowest BCUT2D eigenvalue weighted by Crippen LogP contribution is -2.21. The van der Waals surface area contributed by atoms with Crippen molar-refractivity contribution in [3.8, 4) is 5.75 Å². The highest BCUT2D eigenvalue weighted by Gasteiger charge is 2.14. The maximum Gasteiger partial charge on any atom is 0.344 e. The summed E-state index contributed by atoms with van der Waals surface area (Å²) in [6.07, 6.45) is 0. The number of anilines is 1. The van der Waals surface area contributed by atoms with E-state index in [0.717, 1.165) is 21.8 Å². The molecule has 148 valence electrons. The first-order valence-corrected chi connectivity index (χ1v) is 9.43. The van der Waals surface area contributed by atoms with E-state index in [1.54, 1.807) is 25.1 Å². The van der Waals surface area contributed by atoms with Crippen molar-refractivity contribution in [2.24, 2.45) is 0 Å². The quantitative estimate of drug-likeness (QED) is 0.350. The van der Waals surface area contributed by atoms with Gasteiger partial charge in [-0.25, -0.2) is 9.78 Å². The van der Waals surface area contributed by atoms with Crippen LogP contribution in [0.1, 0.15) is 5.56 Å². The van der Waals surface area contributed by atoms with Gasteiger partial charge in [0, 0.05) is 10.9 Å². The summed E-state index contributed by atoms with van der Waals surface area (Å²) in [5.41, 5.74) is 2.31. The summed E-state index contributed by atoms with van der Waals surface area (Å²) >= 11 is 0. The Hall–Kier alpha value is -4.13. The zero-order valence-corrected chi connectivity index (χ0v) is 16.1. The molecule has 0 unspecified atom stereocenters. The summed E-state index contributed by atoms with van der Waals surface area (Å²) in [5, 5.41) is 4.86. The average Bonchev–Trinajstić information content (AvgIpc) is 3.16. The van der Waals surface area contributed by atoms with Gasteiger partial charge in [0.25, 0.3) is 5.91 Å². The molecule has 2 aromatic heterocycles. The molecule has 5 aromatic rings. The highest BCUT2D eigenvalue weighted by Crippen LogP contribution is 2.30. The van der Waals surface area contributed by atoms with Gasteiger partial charge in [-0.15, -0.1) is 0 Å². The Bertz CT molecular complexity index is 1450. The first-order chi connectivity index (χ1) is 14.6. The maximum absolute atomic E-state index is 12.3. The third-order valence-electron chi connectivity index (χ3n) is 4.99. The molecule has 1 amide bonds. The summed E-state index contributed by atoms with van der Waals surface area (Å²) in [7, 11) is 0. The van der Waals surface area contributed by atoms with E-state index >= 15 is 0 Å². The molecule has 0 fully saturated rings. The number of ether oxygens (including phenoxy) is 1. The Kier molecular flexibility index (Phi) is 4.21. The first-order valence-electron chi connectivity index (χ1n) is 9.43. The van der Waals surface area contributed by atoms with Gasteiger partial charge in [-0.2, -0.15) is 0 Å². The van der Waals surface area contributed by atoms with Gasteiger partial charge in [-0.3, -0.25) is 10.1 Å². The number of nitrogens with zero attached hydrogens (tertiary/aromatic N) is 1. The van der Waals surface area contributed by atoms with Gasteiger partial charge in [0.2, 0.25) is 5.95 Å². The van der Waals surface area contributed by atoms with Crippen molar-refractivity contribution in [1.82, 2.24) is 9.97 Å². The predicted molar refractivity (Wildman–Crippen MR) is 115 cm³/mol. The normalized spacial score (nSPS) is 11.2. The Morgan fingerprint density at radius 2 is 1.80 bits per heavy atom. The van der Waals surface area contributed by atoms with Gasteiger partial charge >= 0.3 is 5.63 Å². The number of aryl methyl sites for hydroxylation is 1. The standard InChI is InChI=1S/C23H17N3O4/c1-13-19(11-10-15-14-6-2-3-7-16(14)22(28)30-21(13)15)29-12-20(27)26-23-24-17-8-4-5-9-18(17)25-23/h2-11H,12H2,1H3,(H2,24,25,26,27). The average molecular weight is 399 g/mol. The molecule has 0 spiro atoms. The number of hydrogen-bond donors (Lipinski definition) is 2. The lowest BCUT2D eigenvalue weighted by molar-refractivity contribution is -0.118. The van der Waals surface area contributed by atoms with Gasteiger partial charge < -0.3 is 14.1 Å². The maximum atomic E-state index is 12.3. The Labute approximate surface area is 170 Å². The molecule has 0 aliphatic carbocycles. The van der Waals surface area contributed by atoms with E-state index in [-0.39, 0.29) is 12.5 Å². The molecular weight excluding hydrogens is 382 g/mol.